The molecule has 112 valence electrons. The van der Waals surface area contributed by atoms with Crippen LogP contribution in [0.4, 0.5) is 0 Å². The lowest BCUT2D eigenvalue weighted by molar-refractivity contribution is 0.288. The quantitative estimate of drug-likeness (QED) is 0.585. The third kappa shape index (κ3) is 4.88. The molecular formula is C18H30N2. The summed E-state index contributed by atoms with van der Waals surface area (Å²) in [6, 6.07) is 0. The first-order valence-corrected chi connectivity index (χ1v) is 8.66. The standard InChI is InChI=1S/C18H30N2/c1-2-3-4-5-9-12-18(16-10-7-6-8-11-16)17-13-19-15-20-14-17/h13-16,18H,2-12H2,1H3. The van der Waals surface area contributed by atoms with Crippen LogP contribution in [0.15, 0.2) is 18.7 Å². The van der Waals surface area contributed by atoms with Gasteiger partial charge in [-0.15, -0.1) is 0 Å². The highest BCUT2D eigenvalue weighted by molar-refractivity contribution is 5.12. The second kappa shape index (κ2) is 9.10. The van der Waals surface area contributed by atoms with Gasteiger partial charge in [0.15, 0.2) is 0 Å². The number of hydrogen-bond donors (Lipinski definition) is 0. The summed E-state index contributed by atoms with van der Waals surface area (Å²) in [7, 11) is 0. The molecule has 1 heterocycles. The van der Waals surface area contributed by atoms with Gasteiger partial charge in [0, 0.05) is 12.4 Å². The molecule has 0 aromatic carbocycles. The van der Waals surface area contributed by atoms with Gasteiger partial charge in [-0.05, 0) is 36.7 Å². The predicted octanol–water partition coefficient (Wildman–Crippen LogP) is 5.50. The first kappa shape index (κ1) is 15.5. The highest BCUT2D eigenvalue weighted by Crippen LogP contribution is 2.38. The molecule has 2 rings (SSSR count). The molecule has 1 aromatic rings. The Balaban J connectivity index is 1.90. The molecule has 0 radical (unpaired) electrons. The minimum absolute atomic E-state index is 0.707. The van der Waals surface area contributed by atoms with Crippen LogP contribution in [0.2, 0.25) is 0 Å². The molecule has 2 nitrogen and oxygen atoms in total. The fourth-order valence-corrected chi connectivity index (χ4v) is 3.68. The van der Waals surface area contributed by atoms with E-state index in [9.17, 15) is 0 Å². The molecule has 0 aliphatic heterocycles. The summed E-state index contributed by atoms with van der Waals surface area (Å²) in [5.41, 5.74) is 1.38. The van der Waals surface area contributed by atoms with Crippen molar-refractivity contribution in [2.75, 3.05) is 0 Å². The van der Waals surface area contributed by atoms with E-state index in [0.717, 1.165) is 5.92 Å². The average Bonchev–Trinajstić information content (AvgIpc) is 2.53. The van der Waals surface area contributed by atoms with Crippen LogP contribution in [-0.2, 0) is 0 Å². The van der Waals surface area contributed by atoms with Crippen molar-refractivity contribution in [3.8, 4) is 0 Å². The van der Waals surface area contributed by atoms with Gasteiger partial charge in [0.25, 0.3) is 0 Å². The summed E-state index contributed by atoms with van der Waals surface area (Å²) >= 11 is 0. The number of aromatic nitrogens is 2. The molecule has 0 bridgehead atoms. The second-order valence-electron chi connectivity index (χ2n) is 6.38. The Morgan fingerprint density at radius 3 is 2.40 bits per heavy atom. The Hall–Kier alpha value is -0.920. The van der Waals surface area contributed by atoms with E-state index in [2.05, 4.69) is 29.3 Å². The number of unbranched alkanes of at least 4 members (excludes halogenated alkanes) is 4. The van der Waals surface area contributed by atoms with Gasteiger partial charge >= 0.3 is 0 Å². The molecule has 1 aliphatic rings. The molecule has 20 heavy (non-hydrogen) atoms. The normalized spacial score (nSPS) is 18.1. The molecule has 0 amide bonds. The fraction of sp³-hybridized carbons (Fsp3) is 0.778. The monoisotopic (exact) mass is 274 g/mol. The van der Waals surface area contributed by atoms with Crippen molar-refractivity contribution in [3.05, 3.63) is 24.3 Å². The fourth-order valence-electron chi connectivity index (χ4n) is 3.68. The summed E-state index contributed by atoms with van der Waals surface area (Å²) in [6.07, 6.45) is 21.1. The lowest BCUT2D eigenvalue weighted by Gasteiger charge is -2.30. The first-order valence-electron chi connectivity index (χ1n) is 8.66. The zero-order chi connectivity index (χ0) is 14.0. The van der Waals surface area contributed by atoms with E-state index in [1.54, 1.807) is 6.33 Å². The average molecular weight is 274 g/mol. The topological polar surface area (TPSA) is 25.8 Å². The molecular weight excluding hydrogens is 244 g/mol. The smallest absolute Gasteiger partial charge is 0.115 e. The molecule has 0 N–H and O–H groups in total. The van der Waals surface area contributed by atoms with E-state index in [0.29, 0.717) is 5.92 Å². The van der Waals surface area contributed by atoms with Gasteiger partial charge < -0.3 is 0 Å². The Kier molecular flexibility index (Phi) is 7.04. The maximum atomic E-state index is 4.25. The first-order chi connectivity index (χ1) is 9.92. The lowest BCUT2D eigenvalue weighted by atomic mass is 9.75. The van der Waals surface area contributed by atoms with Crippen molar-refractivity contribution in [2.24, 2.45) is 5.92 Å². The van der Waals surface area contributed by atoms with Gasteiger partial charge in [0.2, 0.25) is 0 Å². The van der Waals surface area contributed by atoms with E-state index >= 15 is 0 Å². The number of rotatable bonds is 8. The van der Waals surface area contributed by atoms with Crippen molar-refractivity contribution < 1.29 is 0 Å². The summed E-state index contributed by atoms with van der Waals surface area (Å²) in [5.74, 6) is 1.58. The molecule has 1 saturated carbocycles. The van der Waals surface area contributed by atoms with Crippen LogP contribution >= 0.6 is 0 Å². The molecule has 2 heteroatoms. The van der Waals surface area contributed by atoms with Crippen molar-refractivity contribution >= 4 is 0 Å². The summed E-state index contributed by atoms with van der Waals surface area (Å²) in [5, 5.41) is 0. The lowest BCUT2D eigenvalue weighted by Crippen LogP contribution is -2.17. The molecule has 1 aliphatic carbocycles. The van der Waals surface area contributed by atoms with Gasteiger partial charge in [-0.3, -0.25) is 0 Å². The van der Waals surface area contributed by atoms with Crippen LogP contribution < -0.4 is 0 Å². The van der Waals surface area contributed by atoms with Crippen LogP contribution in [0.1, 0.15) is 89.0 Å². The van der Waals surface area contributed by atoms with Gasteiger partial charge in [-0.1, -0.05) is 58.3 Å². The van der Waals surface area contributed by atoms with Gasteiger partial charge in [-0.25, -0.2) is 9.97 Å². The molecule has 1 aromatic heterocycles. The Bertz CT molecular complexity index is 344. The molecule has 0 saturated heterocycles. The third-order valence-electron chi connectivity index (χ3n) is 4.85. The Labute approximate surface area is 124 Å². The highest BCUT2D eigenvalue weighted by Gasteiger charge is 2.24. The zero-order valence-corrected chi connectivity index (χ0v) is 13.1. The van der Waals surface area contributed by atoms with Crippen LogP contribution in [-0.4, -0.2) is 9.97 Å². The van der Waals surface area contributed by atoms with Crippen molar-refractivity contribution in [2.45, 2.75) is 83.5 Å². The Morgan fingerprint density at radius 1 is 1.00 bits per heavy atom. The van der Waals surface area contributed by atoms with E-state index < -0.39 is 0 Å². The number of nitrogens with zero attached hydrogens (tertiary/aromatic N) is 2. The zero-order valence-electron chi connectivity index (χ0n) is 13.1. The summed E-state index contributed by atoms with van der Waals surface area (Å²) < 4.78 is 0. The van der Waals surface area contributed by atoms with E-state index in [1.165, 1.54) is 76.2 Å². The van der Waals surface area contributed by atoms with Gasteiger partial charge in [-0.2, -0.15) is 0 Å². The van der Waals surface area contributed by atoms with E-state index in [1.807, 2.05) is 0 Å². The van der Waals surface area contributed by atoms with E-state index in [4.69, 9.17) is 0 Å². The van der Waals surface area contributed by atoms with Crippen LogP contribution in [0.3, 0.4) is 0 Å². The van der Waals surface area contributed by atoms with E-state index in [-0.39, 0.29) is 0 Å². The van der Waals surface area contributed by atoms with Gasteiger partial charge in [0.1, 0.15) is 6.33 Å². The maximum absolute atomic E-state index is 4.25. The van der Waals surface area contributed by atoms with Crippen molar-refractivity contribution in [1.82, 2.24) is 9.97 Å². The van der Waals surface area contributed by atoms with Crippen LogP contribution in [0.5, 0.6) is 0 Å². The predicted molar refractivity (Wildman–Crippen MR) is 84.7 cm³/mol. The maximum Gasteiger partial charge on any atom is 0.115 e. The second-order valence-corrected chi connectivity index (χ2v) is 6.38. The third-order valence-corrected chi connectivity index (χ3v) is 4.85. The minimum Gasteiger partial charge on any atom is -0.245 e. The minimum atomic E-state index is 0.707. The Morgan fingerprint density at radius 2 is 1.70 bits per heavy atom. The van der Waals surface area contributed by atoms with Crippen LogP contribution in [0.25, 0.3) is 0 Å². The molecule has 0 spiro atoms. The number of hydrogen-bond acceptors (Lipinski definition) is 2. The largest absolute Gasteiger partial charge is 0.245 e. The van der Waals surface area contributed by atoms with Crippen LogP contribution in [0, 0.1) is 5.92 Å². The summed E-state index contributed by atoms with van der Waals surface area (Å²) in [4.78, 5) is 8.49. The SMILES string of the molecule is CCCCCCCC(c1cncnc1)C1CCCCC1. The molecule has 1 fully saturated rings. The summed E-state index contributed by atoms with van der Waals surface area (Å²) in [6.45, 7) is 2.28. The molecule has 1 atom stereocenters. The van der Waals surface area contributed by atoms with Crippen molar-refractivity contribution in [1.29, 1.82) is 0 Å². The van der Waals surface area contributed by atoms with Crippen molar-refractivity contribution in [3.63, 3.8) is 0 Å². The molecule has 1 unspecified atom stereocenters. The van der Waals surface area contributed by atoms with Gasteiger partial charge in [0.05, 0.1) is 0 Å². The highest BCUT2D eigenvalue weighted by atomic mass is 14.8.